The van der Waals surface area contributed by atoms with Crippen LogP contribution < -0.4 is 10.6 Å². The van der Waals surface area contributed by atoms with Gasteiger partial charge in [-0.05, 0) is 44.4 Å². The fraction of sp³-hybridized carbons (Fsp3) is 0.944. The zero-order valence-electron chi connectivity index (χ0n) is 16.2. The molecule has 3 N–H and O–H groups in total. The molecule has 26 heavy (non-hydrogen) atoms. The van der Waals surface area contributed by atoms with Crippen LogP contribution in [0, 0.1) is 10.8 Å². The average molecular weight is 501 g/mol. The van der Waals surface area contributed by atoms with Crippen LogP contribution in [0.4, 0.5) is 0 Å². The molecule has 2 rings (SSSR count). The summed E-state index contributed by atoms with van der Waals surface area (Å²) in [6.07, 6.45) is 10.1. The first-order valence-corrected chi connectivity index (χ1v) is 11.7. The van der Waals surface area contributed by atoms with E-state index in [1.54, 1.807) is 0 Å². The first-order valence-electron chi connectivity index (χ1n) is 9.63. The number of rotatable bonds is 9. The predicted molar refractivity (Wildman–Crippen MR) is 118 cm³/mol. The quantitative estimate of drug-likeness (QED) is 0.256. The molecule has 0 aromatic heterocycles. The van der Waals surface area contributed by atoms with E-state index in [1.807, 2.05) is 6.92 Å². The third-order valence-electron chi connectivity index (χ3n) is 5.63. The fourth-order valence-corrected chi connectivity index (χ4v) is 5.49. The largest absolute Gasteiger partial charge is 0.396 e. The van der Waals surface area contributed by atoms with E-state index in [-0.39, 0.29) is 47.2 Å². The van der Waals surface area contributed by atoms with Crippen molar-refractivity contribution in [1.82, 2.24) is 10.6 Å². The van der Waals surface area contributed by atoms with Crippen molar-refractivity contribution >= 4 is 39.8 Å². The molecule has 0 bridgehead atoms. The zero-order valence-corrected chi connectivity index (χ0v) is 19.4. The Balaban J connectivity index is 0.00000338. The molecule has 0 saturated heterocycles. The number of nitrogens with zero attached hydrogens (tertiary/aromatic N) is 1. The van der Waals surface area contributed by atoms with E-state index in [9.17, 15) is 13.5 Å². The highest BCUT2D eigenvalue weighted by Crippen LogP contribution is 2.47. The molecule has 0 radical (unpaired) electrons. The number of hydrogen-bond donors (Lipinski definition) is 3. The van der Waals surface area contributed by atoms with Gasteiger partial charge in [-0.2, -0.15) is 0 Å². The van der Waals surface area contributed by atoms with E-state index in [0.717, 1.165) is 51.2 Å². The van der Waals surface area contributed by atoms with Gasteiger partial charge in [-0.15, -0.1) is 24.0 Å². The van der Waals surface area contributed by atoms with Gasteiger partial charge in [0.2, 0.25) is 0 Å². The number of nitrogens with one attached hydrogen (secondary N) is 2. The molecule has 8 heteroatoms. The molecule has 0 spiro atoms. The second-order valence-electron chi connectivity index (χ2n) is 8.15. The average Bonchev–Trinajstić information content (AvgIpc) is 3.29. The number of guanidine groups is 1. The van der Waals surface area contributed by atoms with Crippen LogP contribution in [0.5, 0.6) is 0 Å². The molecule has 2 aliphatic carbocycles. The minimum absolute atomic E-state index is 0. The van der Waals surface area contributed by atoms with Crippen molar-refractivity contribution in [3.8, 4) is 0 Å². The lowest BCUT2D eigenvalue weighted by molar-refractivity contribution is 0.131. The number of aliphatic hydroxyl groups is 1. The monoisotopic (exact) mass is 501 g/mol. The molecule has 2 aliphatic rings. The number of sulfone groups is 1. The van der Waals surface area contributed by atoms with Crippen LogP contribution in [0.3, 0.4) is 0 Å². The summed E-state index contributed by atoms with van der Waals surface area (Å²) in [7, 11) is -2.96. The van der Waals surface area contributed by atoms with Crippen LogP contribution in [0.15, 0.2) is 4.99 Å². The van der Waals surface area contributed by atoms with Crippen LogP contribution in [0.1, 0.15) is 58.3 Å². The minimum atomic E-state index is -2.96. The van der Waals surface area contributed by atoms with Crippen LogP contribution in [0.25, 0.3) is 0 Å². The molecule has 0 aromatic rings. The Morgan fingerprint density at radius 1 is 1.08 bits per heavy atom. The third kappa shape index (κ3) is 7.88. The molecule has 0 amide bonds. The van der Waals surface area contributed by atoms with E-state index in [0.29, 0.717) is 6.54 Å². The highest BCUT2D eigenvalue weighted by Gasteiger charge is 2.45. The van der Waals surface area contributed by atoms with Crippen molar-refractivity contribution in [1.29, 1.82) is 0 Å². The lowest BCUT2D eigenvalue weighted by Gasteiger charge is -2.37. The van der Waals surface area contributed by atoms with Crippen molar-refractivity contribution in [3.05, 3.63) is 0 Å². The van der Waals surface area contributed by atoms with Crippen molar-refractivity contribution in [2.45, 2.75) is 58.3 Å². The molecule has 2 saturated carbocycles. The summed E-state index contributed by atoms with van der Waals surface area (Å²) in [4.78, 5) is 4.67. The maximum absolute atomic E-state index is 11.6. The fourth-order valence-electron chi connectivity index (χ4n) is 3.99. The summed E-state index contributed by atoms with van der Waals surface area (Å²) in [5.41, 5.74) is 0.0107. The Morgan fingerprint density at radius 3 is 2.23 bits per heavy atom. The first-order chi connectivity index (χ1) is 11.8. The summed E-state index contributed by atoms with van der Waals surface area (Å²) >= 11 is 0. The van der Waals surface area contributed by atoms with E-state index >= 15 is 0 Å². The zero-order chi connectivity index (χ0) is 18.4. The van der Waals surface area contributed by atoms with E-state index in [4.69, 9.17) is 0 Å². The highest BCUT2D eigenvalue weighted by atomic mass is 127. The van der Waals surface area contributed by atoms with Gasteiger partial charge in [0.05, 0.1) is 5.75 Å². The highest BCUT2D eigenvalue weighted by molar-refractivity contribution is 14.0. The van der Waals surface area contributed by atoms with Crippen LogP contribution >= 0.6 is 24.0 Å². The van der Waals surface area contributed by atoms with Crippen molar-refractivity contribution in [2.75, 3.05) is 38.2 Å². The molecule has 0 aromatic carbocycles. The van der Waals surface area contributed by atoms with Crippen LogP contribution in [0.2, 0.25) is 0 Å². The molecule has 0 heterocycles. The smallest absolute Gasteiger partial charge is 0.191 e. The Hall–Kier alpha value is -0.0900. The molecule has 0 atom stereocenters. The lowest BCUT2D eigenvalue weighted by atomic mass is 9.72. The van der Waals surface area contributed by atoms with Crippen LogP contribution in [-0.4, -0.2) is 57.7 Å². The second-order valence-corrected chi connectivity index (χ2v) is 10.3. The lowest BCUT2D eigenvalue weighted by Crippen LogP contribution is -2.45. The number of halogens is 1. The number of aliphatic imine (C=N–C) groups is 1. The van der Waals surface area contributed by atoms with Gasteiger partial charge in [-0.3, -0.25) is 4.99 Å². The number of aliphatic hydroxyl groups excluding tert-OH is 1. The van der Waals surface area contributed by atoms with Gasteiger partial charge in [0.25, 0.3) is 0 Å². The summed E-state index contributed by atoms with van der Waals surface area (Å²) in [6, 6.07) is 0. The molecule has 154 valence electrons. The molecular formula is C18H36IN3O3S. The molecule has 0 aliphatic heterocycles. The van der Waals surface area contributed by atoms with Crippen molar-refractivity contribution < 1.29 is 13.5 Å². The normalized spacial score (nSPS) is 21.6. The summed E-state index contributed by atoms with van der Waals surface area (Å²) < 4.78 is 23.2. The Morgan fingerprint density at radius 2 is 1.73 bits per heavy atom. The number of hydrogen-bond acceptors (Lipinski definition) is 4. The van der Waals surface area contributed by atoms with Gasteiger partial charge >= 0.3 is 0 Å². The van der Waals surface area contributed by atoms with E-state index < -0.39 is 9.84 Å². The SMILES string of the molecule is CCNC(=NCC1(CS(C)(=O)=O)CC1)NCC1(CCO)CCCCC1.I. The van der Waals surface area contributed by atoms with Gasteiger partial charge in [0.15, 0.2) is 5.96 Å². The van der Waals surface area contributed by atoms with E-state index in [2.05, 4.69) is 15.6 Å². The Labute approximate surface area is 175 Å². The van der Waals surface area contributed by atoms with Gasteiger partial charge < -0.3 is 15.7 Å². The third-order valence-corrected chi connectivity index (χ3v) is 6.77. The Kier molecular flexibility index (Phi) is 9.63. The topological polar surface area (TPSA) is 90.8 Å². The maximum atomic E-state index is 11.6. The van der Waals surface area contributed by atoms with Crippen molar-refractivity contribution in [2.24, 2.45) is 15.8 Å². The summed E-state index contributed by atoms with van der Waals surface area (Å²) in [5, 5.41) is 16.2. The predicted octanol–water partition coefficient (Wildman–Crippen LogP) is 2.32. The van der Waals surface area contributed by atoms with E-state index in [1.165, 1.54) is 25.5 Å². The standard InChI is InChI=1S/C18H35N3O3S.HI/c1-3-19-16(21-14-18(9-10-18)15-25(2,23)24)20-13-17(11-12-22)7-5-4-6-8-17;/h22H,3-15H2,1-2H3,(H2,19,20,21);1H. The Bertz CT molecular complexity index is 551. The molecule has 0 unspecified atom stereocenters. The molecule has 6 nitrogen and oxygen atoms in total. The second kappa shape index (κ2) is 10.5. The first kappa shape index (κ1) is 23.9. The van der Waals surface area contributed by atoms with Gasteiger partial charge in [-0.1, -0.05) is 19.3 Å². The van der Waals surface area contributed by atoms with Gasteiger partial charge in [0, 0.05) is 37.9 Å². The van der Waals surface area contributed by atoms with Crippen molar-refractivity contribution in [3.63, 3.8) is 0 Å². The van der Waals surface area contributed by atoms with Crippen LogP contribution in [-0.2, 0) is 9.84 Å². The summed E-state index contributed by atoms with van der Waals surface area (Å²) in [5.74, 6) is 1.00. The summed E-state index contributed by atoms with van der Waals surface area (Å²) in [6.45, 7) is 4.41. The molecule has 2 fully saturated rings. The minimum Gasteiger partial charge on any atom is -0.396 e. The van der Waals surface area contributed by atoms with Gasteiger partial charge in [-0.25, -0.2) is 8.42 Å². The molecular weight excluding hydrogens is 465 g/mol. The maximum Gasteiger partial charge on any atom is 0.191 e. The van der Waals surface area contributed by atoms with Gasteiger partial charge in [0.1, 0.15) is 9.84 Å².